The van der Waals surface area contributed by atoms with Gasteiger partial charge in [-0.05, 0) is 0 Å². The largest absolute Gasteiger partial charge is 1.00 e. The van der Waals surface area contributed by atoms with E-state index < -0.39 is 20.3 Å². The summed E-state index contributed by atoms with van der Waals surface area (Å²) < 4.78 is 4.36. The van der Waals surface area contributed by atoms with Crippen molar-refractivity contribution in [2.75, 3.05) is 0 Å². The van der Waals surface area contributed by atoms with Gasteiger partial charge in [0.15, 0.2) is 0 Å². The van der Waals surface area contributed by atoms with E-state index in [2.05, 4.69) is 132 Å². The molecule has 4 aromatic rings. The van der Waals surface area contributed by atoms with Gasteiger partial charge in [-0.25, -0.2) is 0 Å². The molecular formula is C46H54Cl2Zr. The van der Waals surface area contributed by atoms with Crippen LogP contribution in [0, 0.1) is 69.2 Å². The van der Waals surface area contributed by atoms with Crippen LogP contribution >= 0.6 is 0 Å². The monoisotopic (exact) mass is 766 g/mol. The zero-order valence-electron chi connectivity index (χ0n) is 31.9. The van der Waals surface area contributed by atoms with Crippen molar-refractivity contribution in [3.8, 4) is 22.3 Å². The Hall–Kier alpha value is -2.18. The molecule has 0 aromatic heterocycles. The first kappa shape index (κ1) is 38.1. The summed E-state index contributed by atoms with van der Waals surface area (Å²) in [6, 6.07) is 14.4. The van der Waals surface area contributed by atoms with Crippen LogP contribution < -0.4 is 24.8 Å². The number of aryl methyl sites for hydroxylation is 4. The fourth-order valence-electron chi connectivity index (χ4n) is 10.2. The van der Waals surface area contributed by atoms with Crippen molar-refractivity contribution in [3.05, 3.63) is 125 Å². The topological polar surface area (TPSA) is 0 Å². The molecular weight excluding hydrogens is 715 g/mol. The van der Waals surface area contributed by atoms with E-state index in [1.165, 1.54) is 75.0 Å². The predicted molar refractivity (Wildman–Crippen MR) is 203 cm³/mol. The number of allylic oxidation sites excluding steroid dienone is 2. The third-order valence-corrected chi connectivity index (χ3v) is 25.7. The number of benzene rings is 4. The Morgan fingerprint density at radius 3 is 1.08 bits per heavy atom. The van der Waals surface area contributed by atoms with E-state index in [1.54, 1.807) is 44.5 Å². The predicted octanol–water partition coefficient (Wildman–Crippen LogP) is 7.51. The van der Waals surface area contributed by atoms with Gasteiger partial charge < -0.3 is 24.8 Å². The van der Waals surface area contributed by atoms with E-state index in [0.29, 0.717) is 7.25 Å². The first-order chi connectivity index (χ1) is 22.3. The molecule has 0 nitrogen and oxygen atoms in total. The SMILES string of the molecule is CCC1=Cc2c(-c3cc(C)cc(C)c3)c(C)c(C)c(C)c2[CH]1[Zr+2]1([CH]2C(CC)=Cc3c(-c4cc(C)cc(C)c4)c(C)c(C)c(C)c32)[CH2][CH2]1.[Cl-].[Cl-]. The maximum Gasteiger partial charge on any atom is -1.00 e. The van der Waals surface area contributed by atoms with E-state index in [-0.39, 0.29) is 24.8 Å². The second-order valence-corrected chi connectivity index (χ2v) is 27.0. The minimum atomic E-state index is -2.88. The molecule has 0 bridgehead atoms. The number of hydrogen-bond acceptors (Lipinski definition) is 0. The van der Waals surface area contributed by atoms with Crippen LogP contribution in [0.25, 0.3) is 34.4 Å². The van der Waals surface area contributed by atoms with Gasteiger partial charge in [0, 0.05) is 0 Å². The molecule has 256 valence electrons. The fourth-order valence-corrected chi connectivity index (χ4v) is 28.4. The van der Waals surface area contributed by atoms with Gasteiger partial charge in [-0.15, -0.1) is 0 Å². The van der Waals surface area contributed by atoms with Gasteiger partial charge in [0.25, 0.3) is 0 Å². The molecule has 3 heteroatoms. The normalized spacial score (nSPS) is 17.6. The molecule has 1 fully saturated rings. The van der Waals surface area contributed by atoms with Crippen LogP contribution in [0.5, 0.6) is 0 Å². The van der Waals surface area contributed by atoms with Crippen molar-refractivity contribution in [3.63, 3.8) is 0 Å². The molecule has 4 aromatic carbocycles. The Kier molecular flexibility index (Phi) is 10.7. The minimum absolute atomic E-state index is 0. The first-order valence-corrected chi connectivity index (χ1v) is 24.5. The maximum atomic E-state index is 2.70. The fraction of sp³-hybridized carbons (Fsp3) is 0.391. The van der Waals surface area contributed by atoms with Gasteiger partial charge in [-0.3, -0.25) is 0 Å². The zero-order valence-corrected chi connectivity index (χ0v) is 35.8. The second kappa shape index (κ2) is 13.8. The molecule has 0 saturated carbocycles. The molecule has 2 atom stereocenters. The van der Waals surface area contributed by atoms with Crippen molar-refractivity contribution in [1.29, 1.82) is 0 Å². The van der Waals surface area contributed by atoms with E-state index in [0.717, 1.165) is 12.8 Å². The van der Waals surface area contributed by atoms with Crippen LogP contribution in [-0.2, 0) is 20.3 Å². The van der Waals surface area contributed by atoms with E-state index >= 15 is 0 Å². The molecule has 0 amide bonds. The van der Waals surface area contributed by atoms with Crippen molar-refractivity contribution in [2.45, 2.75) is 111 Å². The Morgan fingerprint density at radius 1 is 0.469 bits per heavy atom. The quantitative estimate of drug-likeness (QED) is 0.191. The molecule has 2 aliphatic carbocycles. The average molecular weight is 769 g/mol. The van der Waals surface area contributed by atoms with Gasteiger partial charge in [-0.2, -0.15) is 0 Å². The molecule has 0 spiro atoms. The van der Waals surface area contributed by atoms with Crippen LogP contribution in [-0.4, -0.2) is 0 Å². The second-order valence-electron chi connectivity index (χ2n) is 15.7. The van der Waals surface area contributed by atoms with E-state index in [4.69, 9.17) is 0 Å². The van der Waals surface area contributed by atoms with Crippen LogP contribution in [0.1, 0.15) is 112 Å². The molecule has 7 rings (SSSR count). The minimum Gasteiger partial charge on any atom is -1.00 e. The van der Waals surface area contributed by atoms with Gasteiger partial charge in [0.05, 0.1) is 0 Å². The standard InChI is InChI=1S/2C22H25.C2H4.2ClH.Zr/c2*1-7-18-11-20-16(5)15(4)17(6)22(21(20)12-18)19-9-13(2)8-14(3)10-19;1-2;;;/h2*8-12H,7H2,1-6H3;1-2H2;2*1H;/q;;;;;+2/p-2. The number of fused-ring (bicyclic) bond motifs is 2. The molecule has 0 radical (unpaired) electrons. The first-order valence-electron chi connectivity index (χ1n) is 18.2. The molecule has 1 saturated heterocycles. The van der Waals surface area contributed by atoms with Crippen molar-refractivity contribution >= 4 is 12.2 Å². The van der Waals surface area contributed by atoms with Crippen LogP contribution in [0.15, 0.2) is 47.5 Å². The van der Waals surface area contributed by atoms with Crippen LogP contribution in [0.3, 0.4) is 0 Å². The van der Waals surface area contributed by atoms with Gasteiger partial charge >= 0.3 is 292 Å². The Bertz CT molecular complexity index is 1880. The molecule has 2 unspecified atom stereocenters. The van der Waals surface area contributed by atoms with Crippen molar-refractivity contribution in [1.82, 2.24) is 0 Å². The van der Waals surface area contributed by atoms with Gasteiger partial charge in [0.2, 0.25) is 0 Å². The number of rotatable bonds is 6. The number of halogens is 2. The summed E-state index contributed by atoms with van der Waals surface area (Å²) in [4.78, 5) is 0. The van der Waals surface area contributed by atoms with Crippen LogP contribution in [0.2, 0.25) is 8.26 Å². The molecule has 3 aliphatic rings. The summed E-state index contributed by atoms with van der Waals surface area (Å²) in [6.45, 7) is 28.4. The zero-order chi connectivity index (χ0) is 33.7. The van der Waals surface area contributed by atoms with Crippen LogP contribution in [0.4, 0.5) is 0 Å². The van der Waals surface area contributed by atoms with E-state index in [1.807, 2.05) is 0 Å². The Balaban J connectivity index is 0.00000234. The van der Waals surface area contributed by atoms with Crippen molar-refractivity contribution in [2.24, 2.45) is 0 Å². The third kappa shape index (κ3) is 5.83. The van der Waals surface area contributed by atoms with Gasteiger partial charge in [-0.1, -0.05) is 0 Å². The van der Waals surface area contributed by atoms with Gasteiger partial charge in [0.1, 0.15) is 0 Å². The molecule has 0 N–H and O–H groups in total. The van der Waals surface area contributed by atoms with E-state index in [9.17, 15) is 0 Å². The summed E-state index contributed by atoms with van der Waals surface area (Å²) in [5, 5.41) is 0. The summed E-state index contributed by atoms with van der Waals surface area (Å²) in [6.07, 6.45) is 7.71. The average Bonchev–Trinajstić information content (AvgIpc) is 3.56. The molecule has 49 heavy (non-hydrogen) atoms. The smallest absolute Gasteiger partial charge is 1.00 e. The Morgan fingerprint density at radius 2 is 0.796 bits per heavy atom. The molecule has 1 heterocycles. The summed E-state index contributed by atoms with van der Waals surface area (Å²) in [5.74, 6) is 0. The molecule has 1 aliphatic heterocycles. The number of hydrogen-bond donors (Lipinski definition) is 0. The Labute approximate surface area is 314 Å². The summed E-state index contributed by atoms with van der Waals surface area (Å²) >= 11 is -2.88. The summed E-state index contributed by atoms with van der Waals surface area (Å²) in [5.41, 5.74) is 30.4. The maximum absolute atomic E-state index is 2.88. The third-order valence-electron chi connectivity index (χ3n) is 12.7. The summed E-state index contributed by atoms with van der Waals surface area (Å²) in [7, 11) is 0. The van der Waals surface area contributed by atoms with Crippen molar-refractivity contribution < 1.29 is 45.1 Å².